The van der Waals surface area contributed by atoms with E-state index in [-0.39, 0.29) is 0 Å². The van der Waals surface area contributed by atoms with Crippen molar-refractivity contribution in [3.63, 3.8) is 0 Å². The van der Waals surface area contributed by atoms with Gasteiger partial charge >= 0.3 is 23.9 Å². The first-order valence-electron chi connectivity index (χ1n) is 16.9. The minimum absolute atomic E-state index is 0.297. The molecule has 2 aromatic heterocycles. The van der Waals surface area contributed by atoms with E-state index < -0.39 is 23.9 Å². The molecule has 0 atom stereocenters. The molecule has 0 aliphatic carbocycles. The summed E-state index contributed by atoms with van der Waals surface area (Å²) in [7, 11) is 3.75. The Morgan fingerprint density at radius 1 is 0.889 bits per heavy atom. The van der Waals surface area contributed by atoms with Gasteiger partial charge in [0, 0.05) is 41.8 Å². The zero-order chi connectivity index (χ0) is 39.9. The Labute approximate surface area is 312 Å². The molecule has 0 amide bonds. The van der Waals surface area contributed by atoms with Crippen molar-refractivity contribution >= 4 is 34.8 Å². The minimum atomic E-state index is -1.26. The fourth-order valence-electron chi connectivity index (χ4n) is 5.18. The number of aromatic nitrogens is 2. The van der Waals surface area contributed by atoms with Crippen LogP contribution in [0.25, 0.3) is 11.0 Å². The quantitative estimate of drug-likeness (QED) is 0.119. The van der Waals surface area contributed by atoms with Gasteiger partial charge in [-0.1, -0.05) is 41.6 Å². The van der Waals surface area contributed by atoms with Gasteiger partial charge in [0.2, 0.25) is 0 Å². The maximum Gasteiger partial charge on any atom is 0.328 e. The molecule has 0 saturated carbocycles. The molecule has 4 aromatic rings. The number of nitriles is 1. The Morgan fingerprint density at radius 2 is 1.46 bits per heavy atom. The van der Waals surface area contributed by atoms with E-state index in [4.69, 9.17) is 34.9 Å². The number of nitrogens with one attached hydrogen (secondary N) is 1. The number of piperidine rings is 1. The van der Waals surface area contributed by atoms with Crippen molar-refractivity contribution in [3.8, 4) is 11.8 Å². The van der Waals surface area contributed by atoms with E-state index in [9.17, 15) is 19.2 Å². The first-order valence-corrected chi connectivity index (χ1v) is 16.9. The van der Waals surface area contributed by atoms with Gasteiger partial charge in [-0.15, -0.1) is 0 Å². The van der Waals surface area contributed by atoms with Crippen molar-refractivity contribution in [3.05, 3.63) is 113 Å². The van der Waals surface area contributed by atoms with Gasteiger partial charge in [-0.05, 0) is 95.5 Å². The molecule has 1 aliphatic rings. The molecule has 286 valence electrons. The number of likely N-dealkylation sites (tertiary alicyclic amines) is 1. The number of hydrogen-bond donors (Lipinski definition) is 5. The number of carboxylic acids is 4. The SMILES string of the molecule is CNC.Cc1c(OCc2cccc(C#N)n2)ccc2c(CCC3CCN(Cc4ccccc4)CC3)noc12.O=C(O)C=CC(=O)O.O=C(O)C=CC(=O)O. The summed E-state index contributed by atoms with van der Waals surface area (Å²) in [5, 5.41) is 48.5. The van der Waals surface area contributed by atoms with Gasteiger partial charge in [-0.25, -0.2) is 24.2 Å². The number of hydrogen-bond acceptors (Lipinski definition) is 11. The summed E-state index contributed by atoms with van der Waals surface area (Å²) in [6.07, 6.45) is 6.77. The van der Waals surface area contributed by atoms with Gasteiger partial charge in [0.15, 0.2) is 5.58 Å². The van der Waals surface area contributed by atoms with E-state index in [0.717, 1.165) is 72.1 Å². The fourth-order valence-corrected chi connectivity index (χ4v) is 5.18. The molecule has 0 bridgehead atoms. The Bertz CT molecular complexity index is 1840. The molecule has 15 heteroatoms. The maximum atomic E-state index is 9.55. The first kappa shape index (κ1) is 43.8. The Kier molecular flexibility index (Phi) is 19.4. The van der Waals surface area contributed by atoms with Gasteiger partial charge in [0.1, 0.15) is 24.1 Å². The van der Waals surface area contributed by atoms with Crippen molar-refractivity contribution in [1.29, 1.82) is 5.26 Å². The predicted molar refractivity (Wildman–Crippen MR) is 199 cm³/mol. The van der Waals surface area contributed by atoms with Gasteiger partial charge in [-0.3, -0.25) is 4.90 Å². The Hall–Kier alpha value is -6.37. The lowest BCUT2D eigenvalue weighted by atomic mass is 9.91. The van der Waals surface area contributed by atoms with E-state index in [1.54, 1.807) is 6.07 Å². The zero-order valence-electron chi connectivity index (χ0n) is 30.3. The molecule has 3 heterocycles. The molecule has 1 fully saturated rings. The second-order valence-corrected chi connectivity index (χ2v) is 11.9. The van der Waals surface area contributed by atoms with Crippen LogP contribution < -0.4 is 10.1 Å². The highest BCUT2D eigenvalue weighted by molar-refractivity contribution is 5.90. The highest BCUT2D eigenvalue weighted by atomic mass is 16.5. The molecule has 15 nitrogen and oxygen atoms in total. The summed E-state index contributed by atoms with van der Waals surface area (Å²) in [6, 6.07) is 22.2. The van der Waals surface area contributed by atoms with Crippen LogP contribution in [0.1, 0.15) is 47.5 Å². The minimum Gasteiger partial charge on any atom is -0.487 e. The molecule has 5 N–H and O–H groups in total. The monoisotopic (exact) mass is 743 g/mol. The van der Waals surface area contributed by atoms with Crippen LogP contribution >= 0.6 is 0 Å². The second kappa shape index (κ2) is 24.0. The van der Waals surface area contributed by atoms with Gasteiger partial charge in [0.05, 0.1) is 11.4 Å². The molecule has 0 spiro atoms. The summed E-state index contributed by atoms with van der Waals surface area (Å²) < 4.78 is 11.7. The third kappa shape index (κ3) is 16.8. The van der Waals surface area contributed by atoms with E-state index in [2.05, 4.69) is 56.8 Å². The van der Waals surface area contributed by atoms with Crippen LogP contribution in [-0.4, -0.2) is 86.5 Å². The van der Waals surface area contributed by atoms with Crippen molar-refractivity contribution < 1.29 is 48.9 Å². The number of carboxylic acid groups (broad SMARTS) is 4. The van der Waals surface area contributed by atoms with E-state index in [0.29, 0.717) is 36.6 Å². The largest absolute Gasteiger partial charge is 0.487 e. The number of pyridine rings is 1. The van der Waals surface area contributed by atoms with Crippen LogP contribution in [0.3, 0.4) is 0 Å². The lowest BCUT2D eigenvalue weighted by Crippen LogP contribution is -2.33. The van der Waals surface area contributed by atoms with Crippen molar-refractivity contribution in [2.24, 2.45) is 5.92 Å². The Morgan fingerprint density at radius 3 is 2.00 bits per heavy atom. The molecule has 2 aromatic carbocycles. The summed E-state index contributed by atoms with van der Waals surface area (Å²) in [4.78, 5) is 45.0. The van der Waals surface area contributed by atoms with Crippen LogP contribution in [0.15, 0.2) is 89.5 Å². The molecule has 54 heavy (non-hydrogen) atoms. The molecule has 1 saturated heterocycles. The number of nitrogens with zero attached hydrogens (tertiary/aromatic N) is 4. The summed E-state index contributed by atoms with van der Waals surface area (Å²) in [5.74, 6) is -3.55. The van der Waals surface area contributed by atoms with E-state index >= 15 is 0 Å². The summed E-state index contributed by atoms with van der Waals surface area (Å²) in [5.41, 5.74) is 5.26. The number of aryl methyl sites for hydroxylation is 2. The van der Waals surface area contributed by atoms with Crippen molar-refractivity contribution in [2.75, 3.05) is 27.2 Å². The first-order chi connectivity index (χ1) is 25.9. The van der Waals surface area contributed by atoms with Crippen LogP contribution in [0.2, 0.25) is 0 Å². The summed E-state index contributed by atoms with van der Waals surface area (Å²) in [6.45, 7) is 5.65. The number of carbonyl (C=O) groups is 4. The lowest BCUT2D eigenvalue weighted by Gasteiger charge is -2.31. The highest BCUT2D eigenvalue weighted by Gasteiger charge is 2.21. The highest BCUT2D eigenvalue weighted by Crippen LogP contribution is 2.31. The zero-order valence-corrected chi connectivity index (χ0v) is 30.3. The van der Waals surface area contributed by atoms with Crippen LogP contribution in [0, 0.1) is 24.2 Å². The molecular weight excluding hydrogens is 698 g/mol. The molecular formula is C39H45N5O10. The third-order valence-corrected chi connectivity index (χ3v) is 7.69. The number of ether oxygens (including phenoxy) is 1. The van der Waals surface area contributed by atoms with Gasteiger partial charge in [-0.2, -0.15) is 5.26 Å². The average Bonchev–Trinajstić information content (AvgIpc) is 3.58. The summed E-state index contributed by atoms with van der Waals surface area (Å²) >= 11 is 0. The Balaban J connectivity index is 0.000000439. The van der Waals surface area contributed by atoms with Crippen molar-refractivity contribution in [1.82, 2.24) is 20.4 Å². The molecule has 0 unspecified atom stereocenters. The fraction of sp³-hybridized carbons (Fsp3) is 0.308. The second-order valence-electron chi connectivity index (χ2n) is 11.9. The van der Waals surface area contributed by atoms with Crippen LogP contribution in [0.5, 0.6) is 5.75 Å². The number of fused-ring (bicyclic) bond motifs is 1. The normalized spacial score (nSPS) is 12.7. The smallest absolute Gasteiger partial charge is 0.328 e. The topological polar surface area (TPSA) is 236 Å². The standard InChI is InChI=1S/C29H30N4O2.2C4H4O4.C2H7N/c1-21-28(34-20-25-9-5-8-24(18-30)31-25)13-11-26-27(32-35-29(21)26)12-10-22-14-16-33(17-15-22)19-23-6-3-2-4-7-23;2*5-3(6)1-2-4(7)8;1-3-2/h2-9,11,13,22H,10,12,14-17,19-20H2,1H3;2*1-2H,(H,5,6)(H,7,8);3H,1-2H3. The van der Waals surface area contributed by atoms with E-state index in [1.165, 1.54) is 18.4 Å². The molecule has 5 rings (SSSR count). The molecule has 1 aliphatic heterocycles. The number of aliphatic carboxylic acids is 4. The van der Waals surface area contributed by atoms with Crippen LogP contribution in [-0.2, 0) is 38.8 Å². The average molecular weight is 744 g/mol. The third-order valence-electron chi connectivity index (χ3n) is 7.69. The van der Waals surface area contributed by atoms with Crippen molar-refractivity contribution in [2.45, 2.75) is 45.8 Å². The number of rotatable bonds is 12. The maximum absolute atomic E-state index is 9.55. The van der Waals surface area contributed by atoms with E-state index in [1.807, 2.05) is 45.3 Å². The predicted octanol–water partition coefficient (Wildman–Crippen LogP) is 5.09. The lowest BCUT2D eigenvalue weighted by molar-refractivity contribution is -0.134. The van der Waals surface area contributed by atoms with Gasteiger partial charge in [0.25, 0.3) is 0 Å². The number of benzene rings is 2. The molecule has 0 radical (unpaired) electrons. The van der Waals surface area contributed by atoms with Crippen LogP contribution in [0.4, 0.5) is 0 Å². The van der Waals surface area contributed by atoms with Gasteiger partial charge < -0.3 is 35.0 Å².